The van der Waals surface area contributed by atoms with Gasteiger partial charge in [-0.05, 0) is 45.5 Å². The van der Waals surface area contributed by atoms with Crippen LogP contribution in [0.25, 0.3) is 0 Å². The first-order valence-corrected chi connectivity index (χ1v) is 7.37. The zero-order valence-electron chi connectivity index (χ0n) is 12.2. The number of likely N-dealkylation sites (N-methyl/N-ethyl adjacent to an activating group) is 1. The van der Waals surface area contributed by atoms with Gasteiger partial charge >= 0.3 is 0 Å². The quantitative estimate of drug-likeness (QED) is 0.852. The molecule has 0 radical (unpaired) electrons. The zero-order valence-corrected chi connectivity index (χ0v) is 12.2. The lowest BCUT2D eigenvalue weighted by atomic mass is 10.0. The summed E-state index contributed by atoms with van der Waals surface area (Å²) in [6.45, 7) is 6.21. The minimum atomic E-state index is 0.681. The molecule has 2 rings (SSSR count). The van der Waals surface area contributed by atoms with Crippen molar-refractivity contribution in [3.8, 4) is 5.75 Å². The number of hydrogen-bond acceptors (Lipinski definition) is 3. The second-order valence-electron chi connectivity index (χ2n) is 5.40. The molecule has 0 saturated carbocycles. The molecule has 106 valence electrons. The summed E-state index contributed by atoms with van der Waals surface area (Å²) < 4.78 is 5.83. The van der Waals surface area contributed by atoms with Gasteiger partial charge in [-0.1, -0.05) is 24.1 Å². The SMILES string of the molecule is CNCC1CCCCN1CCOc1ccc(C)cc1. The van der Waals surface area contributed by atoms with Crippen LogP contribution in [0.3, 0.4) is 0 Å². The third kappa shape index (κ3) is 4.51. The van der Waals surface area contributed by atoms with Crippen LogP contribution in [0.15, 0.2) is 24.3 Å². The highest BCUT2D eigenvalue weighted by Gasteiger charge is 2.21. The lowest BCUT2D eigenvalue weighted by molar-refractivity contribution is 0.123. The summed E-state index contributed by atoms with van der Waals surface area (Å²) in [4.78, 5) is 2.56. The normalized spacial score (nSPS) is 20.4. The van der Waals surface area contributed by atoms with Crippen molar-refractivity contribution in [3.05, 3.63) is 29.8 Å². The van der Waals surface area contributed by atoms with E-state index in [4.69, 9.17) is 4.74 Å². The number of ether oxygens (including phenoxy) is 1. The van der Waals surface area contributed by atoms with Crippen molar-refractivity contribution in [1.82, 2.24) is 10.2 Å². The van der Waals surface area contributed by atoms with Crippen molar-refractivity contribution in [1.29, 1.82) is 0 Å². The van der Waals surface area contributed by atoms with Gasteiger partial charge in [-0.25, -0.2) is 0 Å². The van der Waals surface area contributed by atoms with E-state index < -0.39 is 0 Å². The number of nitrogens with one attached hydrogen (secondary N) is 1. The summed E-state index contributed by atoms with van der Waals surface area (Å²) in [5.41, 5.74) is 1.28. The van der Waals surface area contributed by atoms with E-state index in [2.05, 4.69) is 41.4 Å². The van der Waals surface area contributed by atoms with Crippen LogP contribution in [0.2, 0.25) is 0 Å². The first kappa shape index (κ1) is 14.4. The number of aryl methyl sites for hydroxylation is 1. The van der Waals surface area contributed by atoms with Gasteiger partial charge < -0.3 is 10.1 Å². The van der Waals surface area contributed by atoms with Crippen LogP contribution in [0, 0.1) is 6.92 Å². The molecule has 1 atom stereocenters. The molecule has 0 spiro atoms. The molecule has 0 bridgehead atoms. The molecule has 1 heterocycles. The fourth-order valence-electron chi connectivity index (χ4n) is 2.74. The molecule has 1 unspecified atom stereocenters. The van der Waals surface area contributed by atoms with Gasteiger partial charge in [0, 0.05) is 19.1 Å². The van der Waals surface area contributed by atoms with Crippen LogP contribution in [0.1, 0.15) is 24.8 Å². The Morgan fingerprint density at radius 2 is 2.05 bits per heavy atom. The van der Waals surface area contributed by atoms with Gasteiger partial charge in [0.1, 0.15) is 12.4 Å². The van der Waals surface area contributed by atoms with Crippen molar-refractivity contribution in [2.75, 3.05) is 33.3 Å². The molecular weight excluding hydrogens is 236 g/mol. The van der Waals surface area contributed by atoms with Gasteiger partial charge in [-0.3, -0.25) is 4.90 Å². The van der Waals surface area contributed by atoms with Crippen LogP contribution >= 0.6 is 0 Å². The molecule has 1 N–H and O–H groups in total. The first-order chi connectivity index (χ1) is 9.29. The molecule has 1 aromatic rings. The Kier molecular flexibility index (Phi) is 5.67. The molecule has 0 amide bonds. The largest absolute Gasteiger partial charge is 0.492 e. The second kappa shape index (κ2) is 7.51. The minimum Gasteiger partial charge on any atom is -0.492 e. The number of benzene rings is 1. The van der Waals surface area contributed by atoms with Crippen molar-refractivity contribution >= 4 is 0 Å². The third-order valence-corrected chi connectivity index (χ3v) is 3.86. The van der Waals surface area contributed by atoms with E-state index in [0.717, 1.165) is 25.4 Å². The highest BCUT2D eigenvalue weighted by Crippen LogP contribution is 2.16. The smallest absolute Gasteiger partial charge is 0.119 e. The van der Waals surface area contributed by atoms with E-state index in [-0.39, 0.29) is 0 Å². The van der Waals surface area contributed by atoms with Crippen molar-refractivity contribution in [2.45, 2.75) is 32.2 Å². The number of rotatable bonds is 6. The van der Waals surface area contributed by atoms with Crippen molar-refractivity contribution in [3.63, 3.8) is 0 Å². The van der Waals surface area contributed by atoms with E-state index in [1.54, 1.807) is 0 Å². The van der Waals surface area contributed by atoms with E-state index in [9.17, 15) is 0 Å². The summed E-state index contributed by atoms with van der Waals surface area (Å²) in [7, 11) is 2.04. The van der Waals surface area contributed by atoms with Crippen LogP contribution in [0.4, 0.5) is 0 Å². The Balaban J connectivity index is 1.75. The number of hydrogen-bond donors (Lipinski definition) is 1. The number of nitrogens with zero attached hydrogens (tertiary/aromatic N) is 1. The van der Waals surface area contributed by atoms with Crippen LogP contribution < -0.4 is 10.1 Å². The second-order valence-corrected chi connectivity index (χ2v) is 5.40. The fraction of sp³-hybridized carbons (Fsp3) is 0.625. The number of piperidine rings is 1. The average molecular weight is 262 g/mol. The predicted molar refractivity (Wildman–Crippen MR) is 79.8 cm³/mol. The lowest BCUT2D eigenvalue weighted by Gasteiger charge is -2.35. The molecule has 1 aliphatic heterocycles. The van der Waals surface area contributed by atoms with Gasteiger partial charge in [-0.15, -0.1) is 0 Å². The fourth-order valence-corrected chi connectivity index (χ4v) is 2.74. The minimum absolute atomic E-state index is 0.681. The Morgan fingerprint density at radius 1 is 1.26 bits per heavy atom. The van der Waals surface area contributed by atoms with Crippen LogP contribution in [0.5, 0.6) is 5.75 Å². The molecule has 0 aromatic heterocycles. The topological polar surface area (TPSA) is 24.5 Å². The first-order valence-electron chi connectivity index (χ1n) is 7.37. The summed E-state index contributed by atoms with van der Waals surface area (Å²) in [5.74, 6) is 0.979. The monoisotopic (exact) mass is 262 g/mol. The molecule has 19 heavy (non-hydrogen) atoms. The van der Waals surface area contributed by atoms with Gasteiger partial charge in [0.2, 0.25) is 0 Å². The van der Waals surface area contributed by atoms with Gasteiger partial charge in [0.25, 0.3) is 0 Å². The highest BCUT2D eigenvalue weighted by atomic mass is 16.5. The third-order valence-electron chi connectivity index (χ3n) is 3.86. The molecule has 1 aliphatic rings. The molecule has 1 saturated heterocycles. The van der Waals surface area contributed by atoms with Crippen LogP contribution in [-0.4, -0.2) is 44.2 Å². The average Bonchev–Trinajstić information content (AvgIpc) is 2.43. The maximum Gasteiger partial charge on any atom is 0.119 e. The zero-order chi connectivity index (χ0) is 13.5. The van der Waals surface area contributed by atoms with Gasteiger partial charge in [0.15, 0.2) is 0 Å². The highest BCUT2D eigenvalue weighted by molar-refractivity contribution is 5.26. The Morgan fingerprint density at radius 3 is 2.79 bits per heavy atom. The summed E-state index contributed by atoms with van der Waals surface area (Å²) in [5, 5.41) is 3.30. The lowest BCUT2D eigenvalue weighted by Crippen LogP contribution is -2.46. The Hall–Kier alpha value is -1.06. The van der Waals surface area contributed by atoms with Crippen LogP contribution in [-0.2, 0) is 0 Å². The van der Waals surface area contributed by atoms with Crippen molar-refractivity contribution in [2.24, 2.45) is 0 Å². The summed E-state index contributed by atoms with van der Waals surface area (Å²) in [6.07, 6.45) is 4.00. The molecule has 0 aliphatic carbocycles. The standard InChI is InChI=1S/C16H26N2O/c1-14-6-8-16(9-7-14)19-12-11-18-10-4-3-5-15(18)13-17-2/h6-9,15,17H,3-5,10-13H2,1-2H3. The Labute approximate surface area is 116 Å². The van der Waals surface area contributed by atoms with Gasteiger partial charge in [-0.2, -0.15) is 0 Å². The van der Waals surface area contributed by atoms with E-state index in [1.807, 2.05) is 7.05 Å². The molecule has 1 aromatic carbocycles. The maximum atomic E-state index is 5.83. The summed E-state index contributed by atoms with van der Waals surface area (Å²) >= 11 is 0. The molecule has 3 nitrogen and oxygen atoms in total. The predicted octanol–water partition coefficient (Wildman–Crippen LogP) is 2.45. The van der Waals surface area contributed by atoms with Crippen molar-refractivity contribution < 1.29 is 4.74 Å². The Bertz CT molecular complexity index is 362. The summed E-state index contributed by atoms with van der Waals surface area (Å²) in [6, 6.07) is 8.98. The van der Waals surface area contributed by atoms with E-state index in [0.29, 0.717) is 6.04 Å². The molecular formula is C16H26N2O. The van der Waals surface area contributed by atoms with E-state index >= 15 is 0 Å². The van der Waals surface area contributed by atoms with Gasteiger partial charge in [0.05, 0.1) is 0 Å². The van der Waals surface area contributed by atoms with E-state index in [1.165, 1.54) is 31.4 Å². The maximum absolute atomic E-state index is 5.83. The molecule has 1 fully saturated rings. The molecule has 3 heteroatoms. The number of likely N-dealkylation sites (tertiary alicyclic amines) is 1.